The summed E-state index contributed by atoms with van der Waals surface area (Å²) in [5.41, 5.74) is 1.90. The van der Waals surface area contributed by atoms with E-state index in [0.29, 0.717) is 11.1 Å². The molecule has 0 saturated heterocycles. The van der Waals surface area contributed by atoms with Crippen molar-refractivity contribution in [1.82, 2.24) is 0 Å². The van der Waals surface area contributed by atoms with Crippen LogP contribution in [0, 0.1) is 11.6 Å². The van der Waals surface area contributed by atoms with Gasteiger partial charge < -0.3 is 14.6 Å². The van der Waals surface area contributed by atoms with E-state index >= 15 is 0 Å². The number of halogens is 3. The number of hydrogen-bond acceptors (Lipinski definition) is 3. The molecule has 0 spiro atoms. The van der Waals surface area contributed by atoms with Gasteiger partial charge in [0.1, 0.15) is 23.9 Å². The fourth-order valence-corrected chi connectivity index (χ4v) is 2.95. The Kier molecular flexibility index (Phi) is 9.97. The van der Waals surface area contributed by atoms with Crippen LogP contribution in [0.1, 0.15) is 12.5 Å². The number of ether oxygens (including phenoxy) is 2. The highest BCUT2D eigenvalue weighted by atomic mass is 19.2. The van der Waals surface area contributed by atoms with Gasteiger partial charge in [0.25, 0.3) is 0 Å². The Morgan fingerprint density at radius 2 is 1.34 bits per heavy atom. The minimum absolute atomic E-state index is 0.0421. The van der Waals surface area contributed by atoms with Gasteiger partial charge in [0.2, 0.25) is 0 Å². The monoisotopic (exact) mass is 480 g/mol. The SMILES string of the molecule is C=C(/C=C(/F)C(=C)OC)OCc1ccc(-c2ccc(-c3ccc(O)cc3)c(F)c2F)cc1.C=CC. The van der Waals surface area contributed by atoms with Crippen molar-refractivity contribution in [3.63, 3.8) is 0 Å². The van der Waals surface area contributed by atoms with Gasteiger partial charge in [0.15, 0.2) is 17.5 Å². The summed E-state index contributed by atoms with van der Waals surface area (Å²) in [6, 6.07) is 15.5. The molecule has 0 amide bonds. The molecule has 0 aliphatic carbocycles. The van der Waals surface area contributed by atoms with Gasteiger partial charge in [-0.15, -0.1) is 6.58 Å². The van der Waals surface area contributed by atoms with Crippen LogP contribution in [0.4, 0.5) is 13.2 Å². The smallest absolute Gasteiger partial charge is 0.168 e. The molecule has 35 heavy (non-hydrogen) atoms. The molecule has 0 bridgehead atoms. The lowest BCUT2D eigenvalue weighted by molar-refractivity contribution is 0.210. The van der Waals surface area contributed by atoms with Gasteiger partial charge in [-0.3, -0.25) is 0 Å². The Labute approximate surface area is 203 Å². The maximum Gasteiger partial charge on any atom is 0.168 e. The summed E-state index contributed by atoms with van der Waals surface area (Å²) in [4.78, 5) is 0. The van der Waals surface area contributed by atoms with Crippen molar-refractivity contribution in [2.75, 3.05) is 7.11 Å². The van der Waals surface area contributed by atoms with E-state index in [1.807, 2.05) is 6.92 Å². The van der Waals surface area contributed by atoms with Crippen molar-refractivity contribution in [3.8, 4) is 28.0 Å². The van der Waals surface area contributed by atoms with Crippen molar-refractivity contribution in [3.05, 3.63) is 127 Å². The average Bonchev–Trinajstić information content (AvgIpc) is 2.85. The number of allylic oxidation sites excluding steroid dienone is 3. The molecule has 3 rings (SSSR count). The van der Waals surface area contributed by atoms with Crippen molar-refractivity contribution in [1.29, 1.82) is 0 Å². The molecule has 1 N–H and O–H groups in total. The number of rotatable bonds is 8. The molecule has 0 heterocycles. The average molecular weight is 481 g/mol. The zero-order valence-electron chi connectivity index (χ0n) is 19.7. The zero-order chi connectivity index (χ0) is 26.0. The van der Waals surface area contributed by atoms with E-state index < -0.39 is 17.5 Å². The van der Waals surface area contributed by atoms with E-state index in [9.17, 15) is 18.3 Å². The van der Waals surface area contributed by atoms with Crippen LogP contribution < -0.4 is 0 Å². The normalized spacial score (nSPS) is 10.6. The standard InChI is InChI=1S/C26H21F3O3.C3H6/c1-16(14-24(27)17(2)31-3)32-15-18-4-6-19(7-5-18)22-12-13-23(26(29)25(22)28)20-8-10-21(30)11-9-20;1-3-2/h4-14,30H,1-2,15H2,3H3;3H,1H2,2H3/b24-14+;. The summed E-state index contributed by atoms with van der Waals surface area (Å²) in [5.74, 6) is -2.63. The van der Waals surface area contributed by atoms with Crippen molar-refractivity contribution < 1.29 is 27.8 Å². The third-order valence-corrected chi connectivity index (χ3v) is 4.75. The van der Waals surface area contributed by atoms with Gasteiger partial charge in [-0.1, -0.05) is 67.8 Å². The summed E-state index contributed by atoms with van der Waals surface area (Å²) in [5, 5.41) is 9.37. The number of methoxy groups -OCH3 is 1. The van der Waals surface area contributed by atoms with Gasteiger partial charge in [-0.05, 0) is 35.7 Å². The molecule has 0 fully saturated rings. The van der Waals surface area contributed by atoms with Gasteiger partial charge in [0.05, 0.1) is 7.11 Å². The molecular weight excluding hydrogens is 453 g/mol. The van der Waals surface area contributed by atoms with Crippen LogP contribution in [0.15, 0.2) is 110 Å². The summed E-state index contributed by atoms with van der Waals surface area (Å²) in [7, 11) is 1.30. The number of hydrogen-bond donors (Lipinski definition) is 1. The van der Waals surface area contributed by atoms with E-state index in [0.717, 1.165) is 11.6 Å². The molecule has 0 aliphatic rings. The van der Waals surface area contributed by atoms with Crippen LogP contribution in [-0.2, 0) is 16.1 Å². The lowest BCUT2D eigenvalue weighted by Gasteiger charge is -2.11. The van der Waals surface area contributed by atoms with E-state index in [-0.39, 0.29) is 35.0 Å². The van der Waals surface area contributed by atoms with Crippen LogP contribution in [0.25, 0.3) is 22.3 Å². The predicted molar refractivity (Wildman–Crippen MR) is 134 cm³/mol. The van der Waals surface area contributed by atoms with Crippen LogP contribution >= 0.6 is 0 Å². The molecule has 3 aromatic carbocycles. The molecule has 182 valence electrons. The first-order chi connectivity index (χ1) is 16.7. The highest BCUT2D eigenvalue weighted by molar-refractivity contribution is 5.72. The molecule has 0 saturated carbocycles. The van der Waals surface area contributed by atoms with Crippen LogP contribution in [0.3, 0.4) is 0 Å². The minimum Gasteiger partial charge on any atom is -0.508 e. The summed E-state index contributed by atoms with van der Waals surface area (Å²) in [6.07, 6.45) is 2.81. The van der Waals surface area contributed by atoms with E-state index in [2.05, 4.69) is 24.5 Å². The van der Waals surface area contributed by atoms with Gasteiger partial charge >= 0.3 is 0 Å². The number of benzene rings is 3. The highest BCUT2D eigenvalue weighted by Gasteiger charge is 2.16. The Hall–Kier alpha value is -4.19. The fourth-order valence-electron chi connectivity index (χ4n) is 2.95. The Morgan fingerprint density at radius 3 is 1.80 bits per heavy atom. The lowest BCUT2D eigenvalue weighted by atomic mass is 9.98. The first-order valence-electron chi connectivity index (χ1n) is 10.6. The molecule has 6 heteroatoms. The fraction of sp³-hybridized carbons (Fsp3) is 0.103. The van der Waals surface area contributed by atoms with Gasteiger partial charge in [-0.25, -0.2) is 13.2 Å². The maximum absolute atomic E-state index is 14.8. The second-order valence-electron chi connectivity index (χ2n) is 7.32. The molecule has 0 aliphatic heterocycles. The molecular formula is C29H27F3O3. The van der Waals surface area contributed by atoms with Crippen molar-refractivity contribution in [2.45, 2.75) is 13.5 Å². The zero-order valence-corrected chi connectivity index (χ0v) is 19.7. The molecule has 0 radical (unpaired) electrons. The second-order valence-corrected chi connectivity index (χ2v) is 7.32. The first-order valence-corrected chi connectivity index (χ1v) is 10.6. The predicted octanol–water partition coefficient (Wildman–Crippen LogP) is 8.24. The third-order valence-electron chi connectivity index (χ3n) is 4.75. The molecule has 0 aromatic heterocycles. The minimum atomic E-state index is -0.969. The van der Waals surface area contributed by atoms with Crippen molar-refractivity contribution >= 4 is 0 Å². The maximum atomic E-state index is 14.8. The van der Waals surface area contributed by atoms with Crippen LogP contribution in [-0.4, -0.2) is 12.2 Å². The largest absolute Gasteiger partial charge is 0.508 e. The number of phenols is 1. The Morgan fingerprint density at radius 1 is 0.886 bits per heavy atom. The number of aromatic hydroxyl groups is 1. The van der Waals surface area contributed by atoms with Crippen molar-refractivity contribution in [2.24, 2.45) is 0 Å². The van der Waals surface area contributed by atoms with Crippen LogP contribution in [0.5, 0.6) is 5.75 Å². The third kappa shape index (κ3) is 7.40. The van der Waals surface area contributed by atoms with E-state index in [4.69, 9.17) is 4.74 Å². The van der Waals surface area contributed by atoms with Gasteiger partial charge in [-0.2, -0.15) is 0 Å². The highest BCUT2D eigenvalue weighted by Crippen LogP contribution is 2.32. The lowest BCUT2D eigenvalue weighted by Crippen LogP contribution is -1.95. The summed E-state index contributed by atoms with van der Waals surface area (Å²) < 4.78 is 53.2. The summed E-state index contributed by atoms with van der Waals surface area (Å²) >= 11 is 0. The van der Waals surface area contributed by atoms with Gasteiger partial charge in [0, 0.05) is 17.2 Å². The first kappa shape index (κ1) is 27.1. The second kappa shape index (κ2) is 12.9. The molecule has 0 unspecified atom stereocenters. The Balaban J connectivity index is 0.00000137. The summed E-state index contributed by atoms with van der Waals surface area (Å²) in [6.45, 7) is 12.4. The Bertz CT molecular complexity index is 1210. The van der Waals surface area contributed by atoms with E-state index in [1.54, 1.807) is 30.3 Å². The molecule has 0 atom stereocenters. The molecule has 3 aromatic rings. The topological polar surface area (TPSA) is 38.7 Å². The number of phenolic OH excluding ortho intramolecular Hbond substituents is 1. The van der Waals surface area contributed by atoms with E-state index in [1.165, 1.54) is 43.5 Å². The quantitative estimate of drug-likeness (QED) is 0.200. The molecule has 3 nitrogen and oxygen atoms in total. The van der Waals surface area contributed by atoms with Crippen LogP contribution in [0.2, 0.25) is 0 Å².